The molecule has 1 heterocycles. The van der Waals surface area contributed by atoms with E-state index in [0.717, 1.165) is 5.56 Å². The molecule has 136 valence electrons. The normalized spacial score (nSPS) is 21.3. The topological polar surface area (TPSA) is 90.9 Å². The molecule has 25 heavy (non-hydrogen) atoms. The van der Waals surface area contributed by atoms with Crippen molar-refractivity contribution < 1.29 is 28.6 Å². The number of hydrogen-bond acceptors (Lipinski definition) is 6. The smallest absolute Gasteiger partial charge is 0.466 e. The molecule has 7 nitrogen and oxygen atoms in total. The number of rotatable bonds is 7. The Morgan fingerprint density at radius 1 is 1.16 bits per heavy atom. The molecule has 1 fully saturated rings. The minimum absolute atomic E-state index is 0.0892. The summed E-state index contributed by atoms with van der Waals surface area (Å²) in [6, 6.07) is 8.77. The number of hydrogen-bond donors (Lipinski definition) is 1. The monoisotopic (exact) mass is 349 g/mol. The average molecular weight is 349 g/mol. The maximum absolute atomic E-state index is 11.8. The minimum atomic E-state index is -0.849. The molecule has 1 saturated heterocycles. The average Bonchev–Trinajstić information content (AvgIpc) is 2.58. The molecular weight excluding hydrogens is 326 g/mol. The van der Waals surface area contributed by atoms with E-state index in [1.165, 1.54) is 0 Å². The second-order valence-corrected chi connectivity index (χ2v) is 5.95. The summed E-state index contributed by atoms with van der Waals surface area (Å²) in [4.78, 5) is 35.5. The Hall–Kier alpha value is -2.57. The van der Waals surface area contributed by atoms with Gasteiger partial charge in [-0.25, -0.2) is 4.79 Å². The Labute approximate surface area is 146 Å². The zero-order chi connectivity index (χ0) is 18.4. The SMILES string of the molecule is CCOC(=O)C(C)[C@H]1NC(=O)[C@@H]1[C@@H](C)OC(=O)OCc1ccccc1. The molecule has 0 radical (unpaired) electrons. The number of β-lactam (4-membered cyclic amide) rings is 1. The highest BCUT2D eigenvalue weighted by Gasteiger charge is 2.49. The number of carbonyl (C=O) groups is 3. The fraction of sp³-hybridized carbons (Fsp3) is 0.500. The van der Waals surface area contributed by atoms with Crippen LogP contribution in [0.15, 0.2) is 30.3 Å². The Balaban J connectivity index is 1.85. The molecule has 0 spiro atoms. The van der Waals surface area contributed by atoms with Crippen LogP contribution >= 0.6 is 0 Å². The van der Waals surface area contributed by atoms with E-state index in [4.69, 9.17) is 14.2 Å². The van der Waals surface area contributed by atoms with Crippen LogP contribution in [0.2, 0.25) is 0 Å². The summed E-state index contributed by atoms with van der Waals surface area (Å²) < 4.78 is 15.2. The maximum atomic E-state index is 11.8. The van der Waals surface area contributed by atoms with E-state index >= 15 is 0 Å². The van der Waals surface area contributed by atoms with Gasteiger partial charge < -0.3 is 19.5 Å². The van der Waals surface area contributed by atoms with Gasteiger partial charge in [-0.3, -0.25) is 9.59 Å². The van der Waals surface area contributed by atoms with Crippen LogP contribution in [0.4, 0.5) is 4.79 Å². The number of nitrogens with one attached hydrogen (secondary N) is 1. The first-order valence-electron chi connectivity index (χ1n) is 8.28. The van der Waals surface area contributed by atoms with Gasteiger partial charge in [0.25, 0.3) is 0 Å². The molecule has 4 atom stereocenters. The van der Waals surface area contributed by atoms with Gasteiger partial charge in [-0.05, 0) is 26.3 Å². The third-order valence-electron chi connectivity index (χ3n) is 4.18. The van der Waals surface area contributed by atoms with E-state index in [9.17, 15) is 14.4 Å². The van der Waals surface area contributed by atoms with E-state index in [1.54, 1.807) is 20.8 Å². The summed E-state index contributed by atoms with van der Waals surface area (Å²) in [7, 11) is 0. The van der Waals surface area contributed by atoms with Crippen molar-refractivity contribution >= 4 is 18.0 Å². The minimum Gasteiger partial charge on any atom is -0.466 e. The highest BCUT2D eigenvalue weighted by Crippen LogP contribution is 2.28. The highest BCUT2D eigenvalue weighted by molar-refractivity contribution is 5.89. The first-order valence-corrected chi connectivity index (χ1v) is 8.28. The van der Waals surface area contributed by atoms with E-state index in [2.05, 4.69) is 5.32 Å². The predicted octanol–water partition coefficient (Wildman–Crippen LogP) is 2.04. The number of ether oxygens (including phenoxy) is 3. The molecule has 1 unspecified atom stereocenters. The summed E-state index contributed by atoms with van der Waals surface area (Å²) in [6.45, 7) is 5.36. The molecular formula is C18H23NO6. The van der Waals surface area contributed by atoms with Gasteiger partial charge in [-0.15, -0.1) is 0 Å². The lowest BCUT2D eigenvalue weighted by atomic mass is 9.79. The molecule has 0 aliphatic carbocycles. The molecule has 7 heteroatoms. The molecule has 1 aromatic rings. The van der Waals surface area contributed by atoms with Crippen molar-refractivity contribution in [2.75, 3.05) is 6.61 Å². The fourth-order valence-electron chi connectivity index (χ4n) is 2.75. The van der Waals surface area contributed by atoms with Crippen molar-refractivity contribution in [2.24, 2.45) is 11.8 Å². The lowest BCUT2D eigenvalue weighted by Crippen LogP contribution is -2.66. The van der Waals surface area contributed by atoms with E-state index < -0.39 is 36.1 Å². The lowest BCUT2D eigenvalue weighted by Gasteiger charge is -2.41. The first kappa shape index (κ1) is 18.8. The Morgan fingerprint density at radius 3 is 2.44 bits per heavy atom. The largest absolute Gasteiger partial charge is 0.508 e. The van der Waals surface area contributed by atoms with Crippen molar-refractivity contribution in [3.05, 3.63) is 35.9 Å². The van der Waals surface area contributed by atoms with Gasteiger partial charge in [0, 0.05) is 0 Å². The predicted molar refractivity (Wildman–Crippen MR) is 88.4 cm³/mol. The van der Waals surface area contributed by atoms with Crippen LogP contribution in [0.25, 0.3) is 0 Å². The van der Waals surface area contributed by atoms with Gasteiger partial charge in [0.15, 0.2) is 0 Å². The third-order valence-corrected chi connectivity index (χ3v) is 4.18. The fourth-order valence-corrected chi connectivity index (χ4v) is 2.75. The van der Waals surface area contributed by atoms with Gasteiger partial charge in [0.2, 0.25) is 5.91 Å². The van der Waals surface area contributed by atoms with Crippen molar-refractivity contribution in [2.45, 2.75) is 39.5 Å². The number of esters is 1. The van der Waals surface area contributed by atoms with Crippen LogP contribution in [0, 0.1) is 11.8 Å². The van der Waals surface area contributed by atoms with Gasteiger partial charge in [-0.1, -0.05) is 30.3 Å². The molecule has 2 rings (SSSR count). The first-order chi connectivity index (χ1) is 11.9. The maximum Gasteiger partial charge on any atom is 0.508 e. The molecule has 1 aliphatic rings. The number of carbonyl (C=O) groups excluding carboxylic acids is 3. The summed E-state index contributed by atoms with van der Waals surface area (Å²) in [5, 5.41) is 2.67. The summed E-state index contributed by atoms with van der Waals surface area (Å²) in [5.41, 5.74) is 0.835. The van der Waals surface area contributed by atoms with Crippen molar-refractivity contribution in [3.8, 4) is 0 Å². The Bertz CT molecular complexity index is 617. The molecule has 1 N–H and O–H groups in total. The van der Waals surface area contributed by atoms with Gasteiger partial charge in [0.05, 0.1) is 24.5 Å². The molecule has 1 aliphatic heterocycles. The van der Waals surface area contributed by atoms with Gasteiger partial charge in [-0.2, -0.15) is 0 Å². The van der Waals surface area contributed by atoms with Crippen LogP contribution in [0.1, 0.15) is 26.3 Å². The zero-order valence-electron chi connectivity index (χ0n) is 14.6. The summed E-state index contributed by atoms with van der Waals surface area (Å²) >= 11 is 0. The van der Waals surface area contributed by atoms with E-state index in [0.29, 0.717) is 0 Å². The number of benzene rings is 1. The summed E-state index contributed by atoms with van der Waals surface area (Å²) in [5.74, 6) is -1.78. The summed E-state index contributed by atoms with van der Waals surface area (Å²) in [6.07, 6.45) is -1.56. The van der Waals surface area contributed by atoms with Crippen molar-refractivity contribution in [1.82, 2.24) is 5.32 Å². The van der Waals surface area contributed by atoms with Gasteiger partial charge >= 0.3 is 12.1 Å². The second kappa shape index (κ2) is 8.50. The number of amides is 1. The molecule has 0 saturated carbocycles. The van der Waals surface area contributed by atoms with Crippen LogP contribution in [0.5, 0.6) is 0 Å². The second-order valence-electron chi connectivity index (χ2n) is 5.95. The van der Waals surface area contributed by atoms with Crippen LogP contribution < -0.4 is 5.32 Å². The Kier molecular flexibility index (Phi) is 6.38. The molecule has 0 aromatic heterocycles. The molecule has 1 aromatic carbocycles. The van der Waals surface area contributed by atoms with Crippen LogP contribution in [-0.2, 0) is 30.4 Å². The molecule has 0 bridgehead atoms. The molecule has 1 amide bonds. The standard InChI is InChI=1S/C18H23NO6/c1-4-23-17(21)11(2)15-14(16(20)19-15)12(3)25-18(22)24-10-13-8-6-5-7-9-13/h5-9,11-12,14-15H,4,10H2,1-3H3,(H,19,20)/t11?,12-,14-,15-/m1/s1. The van der Waals surface area contributed by atoms with E-state index in [1.807, 2.05) is 30.3 Å². The third kappa shape index (κ3) is 4.71. The van der Waals surface area contributed by atoms with Crippen LogP contribution in [-0.4, -0.2) is 36.8 Å². The van der Waals surface area contributed by atoms with Crippen LogP contribution in [0.3, 0.4) is 0 Å². The van der Waals surface area contributed by atoms with E-state index in [-0.39, 0.29) is 19.1 Å². The van der Waals surface area contributed by atoms with Gasteiger partial charge in [0.1, 0.15) is 12.7 Å². The van der Waals surface area contributed by atoms with Crippen molar-refractivity contribution in [1.29, 1.82) is 0 Å². The van der Waals surface area contributed by atoms with Crippen molar-refractivity contribution in [3.63, 3.8) is 0 Å². The zero-order valence-corrected chi connectivity index (χ0v) is 14.6. The Morgan fingerprint density at radius 2 is 1.84 bits per heavy atom. The quantitative estimate of drug-likeness (QED) is 0.598. The highest BCUT2D eigenvalue weighted by atomic mass is 16.7. The lowest BCUT2D eigenvalue weighted by molar-refractivity contribution is -0.156.